The molecule has 2 aliphatic carbocycles. The van der Waals surface area contributed by atoms with Crippen molar-refractivity contribution in [3.63, 3.8) is 0 Å². The van der Waals surface area contributed by atoms with Gasteiger partial charge in [-0.1, -0.05) is 6.42 Å². The second-order valence-electron chi connectivity index (χ2n) is 7.02. The first-order valence-electron chi connectivity index (χ1n) is 7.45. The van der Waals surface area contributed by atoms with Crippen LogP contribution in [-0.2, 0) is 4.79 Å². The summed E-state index contributed by atoms with van der Waals surface area (Å²) in [7, 11) is 3.34. The predicted molar refractivity (Wildman–Crippen MR) is 76.4 cm³/mol. The Hall–Kier alpha value is -1.26. The van der Waals surface area contributed by atoms with Gasteiger partial charge in [0.15, 0.2) is 0 Å². The molecule has 0 heterocycles. The first kappa shape index (κ1) is 15.1. The van der Waals surface area contributed by atoms with Crippen molar-refractivity contribution in [2.45, 2.75) is 45.1 Å². The van der Waals surface area contributed by atoms with Crippen LogP contribution in [-0.4, -0.2) is 53.1 Å². The predicted octanol–water partition coefficient (Wildman–Crippen LogP) is 2.27. The van der Waals surface area contributed by atoms with Gasteiger partial charge in [-0.05, 0) is 50.9 Å². The molecule has 2 saturated carbocycles. The summed E-state index contributed by atoms with van der Waals surface area (Å²) in [5.74, 6) is 1.25. The van der Waals surface area contributed by atoms with Gasteiger partial charge < -0.3 is 14.9 Å². The second-order valence-corrected chi connectivity index (χ2v) is 7.02. The fourth-order valence-electron chi connectivity index (χ4n) is 3.67. The molecule has 0 aliphatic heterocycles. The maximum Gasteiger partial charge on any atom is 0.329 e. The van der Waals surface area contributed by atoms with Crippen LogP contribution in [0.15, 0.2) is 0 Å². The molecule has 0 aromatic rings. The first-order valence-corrected chi connectivity index (χ1v) is 7.45. The topological polar surface area (TPSA) is 60.9 Å². The van der Waals surface area contributed by atoms with Crippen LogP contribution < -0.4 is 0 Å². The summed E-state index contributed by atoms with van der Waals surface area (Å²) in [6.07, 6.45) is 5.20. The van der Waals surface area contributed by atoms with Crippen LogP contribution in [0, 0.1) is 17.8 Å². The molecule has 2 aliphatic rings. The highest BCUT2D eigenvalue weighted by molar-refractivity contribution is 5.85. The summed E-state index contributed by atoms with van der Waals surface area (Å²) < 4.78 is 0. The lowest BCUT2D eigenvalue weighted by molar-refractivity contribution is -0.147. The standard InChI is InChI=1S/C15H26N2O3/c1-15(2,13(18)19)17(4)14(20)16(3)9-12-8-10-5-6-11(12)7-10/h10-12H,5-9H2,1-4H3,(H,18,19). The quantitative estimate of drug-likeness (QED) is 0.860. The van der Waals surface area contributed by atoms with Gasteiger partial charge in [0.25, 0.3) is 0 Å². The molecule has 114 valence electrons. The van der Waals surface area contributed by atoms with E-state index >= 15 is 0 Å². The highest BCUT2D eigenvalue weighted by atomic mass is 16.4. The van der Waals surface area contributed by atoms with Gasteiger partial charge in [-0.3, -0.25) is 0 Å². The number of hydrogen-bond acceptors (Lipinski definition) is 2. The summed E-state index contributed by atoms with van der Waals surface area (Å²) in [6, 6.07) is -0.208. The van der Waals surface area contributed by atoms with Gasteiger partial charge in [0, 0.05) is 20.6 Å². The largest absolute Gasteiger partial charge is 0.480 e. The molecule has 2 fully saturated rings. The average molecular weight is 282 g/mol. The van der Waals surface area contributed by atoms with Gasteiger partial charge >= 0.3 is 12.0 Å². The van der Waals surface area contributed by atoms with Gasteiger partial charge in [-0.25, -0.2) is 9.59 Å². The van der Waals surface area contributed by atoms with Crippen LogP contribution in [0.5, 0.6) is 0 Å². The zero-order valence-corrected chi connectivity index (χ0v) is 12.9. The Balaban J connectivity index is 1.93. The normalized spacial score (nSPS) is 28.5. The Morgan fingerprint density at radius 1 is 1.20 bits per heavy atom. The molecule has 3 atom stereocenters. The number of hydrogen-bond donors (Lipinski definition) is 1. The SMILES string of the molecule is CN(CC1CC2CCC1C2)C(=O)N(C)C(C)(C)C(=O)O. The fraction of sp³-hybridized carbons (Fsp3) is 0.867. The van der Waals surface area contributed by atoms with Crippen LogP contribution in [0.25, 0.3) is 0 Å². The Kier molecular flexibility index (Phi) is 3.98. The zero-order chi connectivity index (χ0) is 15.1. The number of amides is 2. The van der Waals surface area contributed by atoms with Crippen LogP contribution in [0.3, 0.4) is 0 Å². The number of carboxylic acid groups (broad SMARTS) is 1. The number of aliphatic carboxylic acids is 1. The second kappa shape index (κ2) is 5.26. The Labute approximate surface area is 120 Å². The maximum absolute atomic E-state index is 12.4. The van der Waals surface area contributed by atoms with Crippen LogP contribution >= 0.6 is 0 Å². The van der Waals surface area contributed by atoms with E-state index in [4.69, 9.17) is 0 Å². The molecular formula is C15H26N2O3. The molecular weight excluding hydrogens is 256 g/mol. The molecule has 20 heavy (non-hydrogen) atoms. The molecule has 5 nitrogen and oxygen atoms in total. The number of carbonyl (C=O) groups is 2. The number of likely N-dealkylation sites (N-methyl/N-ethyl adjacent to an activating group) is 1. The van der Waals surface area contributed by atoms with Gasteiger partial charge in [0.05, 0.1) is 0 Å². The van der Waals surface area contributed by atoms with E-state index in [1.165, 1.54) is 30.6 Å². The van der Waals surface area contributed by atoms with Crippen molar-refractivity contribution in [1.82, 2.24) is 9.80 Å². The van der Waals surface area contributed by atoms with Crippen molar-refractivity contribution >= 4 is 12.0 Å². The van der Waals surface area contributed by atoms with E-state index in [-0.39, 0.29) is 6.03 Å². The van der Waals surface area contributed by atoms with Gasteiger partial charge in [0.2, 0.25) is 0 Å². The number of carboxylic acids is 1. The van der Waals surface area contributed by atoms with E-state index in [9.17, 15) is 14.7 Å². The Morgan fingerprint density at radius 3 is 2.30 bits per heavy atom. The number of nitrogens with zero attached hydrogens (tertiary/aromatic N) is 2. The molecule has 0 aromatic heterocycles. The summed E-state index contributed by atoms with van der Waals surface area (Å²) in [5, 5.41) is 9.20. The van der Waals surface area contributed by atoms with Gasteiger partial charge in [-0.2, -0.15) is 0 Å². The van der Waals surface area contributed by atoms with E-state index in [1.54, 1.807) is 32.8 Å². The number of rotatable bonds is 4. The highest BCUT2D eigenvalue weighted by Gasteiger charge is 2.41. The third-order valence-electron chi connectivity index (χ3n) is 5.37. The fourth-order valence-corrected chi connectivity index (χ4v) is 3.67. The van der Waals surface area contributed by atoms with E-state index in [0.29, 0.717) is 5.92 Å². The van der Waals surface area contributed by atoms with Gasteiger partial charge in [0.1, 0.15) is 5.54 Å². The Morgan fingerprint density at radius 2 is 1.85 bits per heavy atom. The van der Waals surface area contributed by atoms with Crippen molar-refractivity contribution in [3.05, 3.63) is 0 Å². The third kappa shape index (κ3) is 2.63. The number of urea groups is 1. The molecule has 0 aromatic carbocycles. The van der Waals surface area contributed by atoms with E-state index < -0.39 is 11.5 Å². The zero-order valence-electron chi connectivity index (χ0n) is 12.9. The van der Waals surface area contributed by atoms with E-state index in [0.717, 1.165) is 18.4 Å². The van der Waals surface area contributed by atoms with Gasteiger partial charge in [-0.15, -0.1) is 0 Å². The lowest BCUT2D eigenvalue weighted by Gasteiger charge is -2.36. The average Bonchev–Trinajstić information content (AvgIpc) is 2.98. The lowest BCUT2D eigenvalue weighted by Crippen LogP contribution is -2.55. The summed E-state index contributed by atoms with van der Waals surface area (Å²) in [5.41, 5.74) is -1.18. The highest BCUT2D eigenvalue weighted by Crippen LogP contribution is 2.48. The molecule has 0 saturated heterocycles. The first-order chi connectivity index (χ1) is 9.23. The van der Waals surface area contributed by atoms with E-state index in [2.05, 4.69) is 0 Å². The molecule has 2 bridgehead atoms. The minimum Gasteiger partial charge on any atom is -0.480 e. The van der Waals surface area contributed by atoms with Crippen molar-refractivity contribution in [1.29, 1.82) is 0 Å². The summed E-state index contributed by atoms with van der Waals surface area (Å²) >= 11 is 0. The van der Waals surface area contributed by atoms with Crippen LogP contribution in [0.4, 0.5) is 4.79 Å². The number of carbonyl (C=O) groups excluding carboxylic acids is 1. The molecule has 2 amide bonds. The molecule has 5 heteroatoms. The maximum atomic E-state index is 12.4. The van der Waals surface area contributed by atoms with Crippen molar-refractivity contribution in [3.8, 4) is 0 Å². The number of fused-ring (bicyclic) bond motifs is 2. The molecule has 3 unspecified atom stereocenters. The van der Waals surface area contributed by atoms with Crippen molar-refractivity contribution in [2.75, 3.05) is 20.6 Å². The molecule has 2 rings (SSSR count). The molecule has 1 N–H and O–H groups in total. The molecule has 0 spiro atoms. The Bertz CT molecular complexity index is 408. The smallest absolute Gasteiger partial charge is 0.329 e. The van der Waals surface area contributed by atoms with Crippen molar-refractivity contribution < 1.29 is 14.7 Å². The van der Waals surface area contributed by atoms with Crippen LogP contribution in [0.2, 0.25) is 0 Å². The summed E-state index contributed by atoms with van der Waals surface area (Å²) in [6.45, 7) is 3.86. The van der Waals surface area contributed by atoms with Crippen LogP contribution in [0.1, 0.15) is 39.5 Å². The minimum absolute atomic E-state index is 0.208. The minimum atomic E-state index is -1.18. The van der Waals surface area contributed by atoms with E-state index in [1.807, 2.05) is 0 Å². The monoisotopic (exact) mass is 282 g/mol. The van der Waals surface area contributed by atoms with Crippen molar-refractivity contribution in [2.24, 2.45) is 17.8 Å². The lowest BCUT2D eigenvalue weighted by atomic mass is 9.88. The summed E-state index contributed by atoms with van der Waals surface area (Å²) in [4.78, 5) is 26.6. The third-order valence-corrected chi connectivity index (χ3v) is 5.37. The molecule has 0 radical (unpaired) electrons.